The average molecular weight is 286 g/mol. The molecule has 1 aliphatic rings. The number of hydrogen-bond acceptors (Lipinski definition) is 1. The Bertz CT molecular complexity index is 646. The second kappa shape index (κ2) is 4.46. The smallest absolute Gasteiger partial charge is 0.0708 e. The topological polar surface area (TPSA) is 12.9 Å². The summed E-state index contributed by atoms with van der Waals surface area (Å²) >= 11 is 3.61. The SMILES string of the molecule is BrC1C=c2cnc(-c3ccccc3)cc2=CC1. The van der Waals surface area contributed by atoms with Gasteiger partial charge in [0.05, 0.1) is 5.69 Å². The number of pyridine rings is 1. The second-order valence-electron chi connectivity index (χ2n) is 4.19. The Labute approximate surface area is 109 Å². The van der Waals surface area contributed by atoms with Crippen molar-refractivity contribution < 1.29 is 0 Å². The molecule has 1 heterocycles. The van der Waals surface area contributed by atoms with Crippen LogP contribution in [0, 0.1) is 0 Å². The largest absolute Gasteiger partial charge is 0.256 e. The molecule has 1 aromatic carbocycles. The third-order valence-electron chi connectivity index (χ3n) is 2.96. The minimum absolute atomic E-state index is 0.444. The van der Waals surface area contributed by atoms with E-state index in [1.807, 2.05) is 24.4 Å². The van der Waals surface area contributed by atoms with E-state index in [-0.39, 0.29) is 0 Å². The molecule has 0 radical (unpaired) electrons. The summed E-state index contributed by atoms with van der Waals surface area (Å²) in [6, 6.07) is 12.5. The van der Waals surface area contributed by atoms with E-state index in [1.165, 1.54) is 16.0 Å². The molecule has 0 amide bonds. The monoisotopic (exact) mass is 285 g/mol. The highest BCUT2D eigenvalue weighted by atomic mass is 79.9. The maximum Gasteiger partial charge on any atom is 0.0708 e. The summed E-state index contributed by atoms with van der Waals surface area (Å²) in [5.41, 5.74) is 2.21. The lowest BCUT2D eigenvalue weighted by molar-refractivity contribution is 1.14. The van der Waals surface area contributed by atoms with E-state index < -0.39 is 0 Å². The summed E-state index contributed by atoms with van der Waals surface area (Å²) in [7, 11) is 0. The van der Waals surface area contributed by atoms with Gasteiger partial charge in [0.25, 0.3) is 0 Å². The minimum atomic E-state index is 0.444. The van der Waals surface area contributed by atoms with Crippen LogP contribution in [0.15, 0.2) is 42.6 Å². The summed E-state index contributed by atoms with van der Waals surface area (Å²) in [5, 5.41) is 2.51. The minimum Gasteiger partial charge on any atom is -0.256 e. The van der Waals surface area contributed by atoms with Crippen LogP contribution in [0.1, 0.15) is 6.42 Å². The molecule has 2 aromatic rings. The number of benzene rings is 1. The molecular weight excluding hydrogens is 274 g/mol. The molecule has 0 saturated carbocycles. The quantitative estimate of drug-likeness (QED) is 0.734. The van der Waals surface area contributed by atoms with Crippen LogP contribution in [0.25, 0.3) is 23.4 Å². The molecule has 0 saturated heterocycles. The van der Waals surface area contributed by atoms with Gasteiger partial charge in [0.2, 0.25) is 0 Å². The van der Waals surface area contributed by atoms with Crippen molar-refractivity contribution in [3.63, 3.8) is 0 Å². The van der Waals surface area contributed by atoms with E-state index in [0.29, 0.717) is 4.83 Å². The van der Waals surface area contributed by atoms with Crippen LogP contribution < -0.4 is 10.4 Å². The van der Waals surface area contributed by atoms with Crippen molar-refractivity contribution in [3.05, 3.63) is 53.0 Å². The van der Waals surface area contributed by atoms with Crippen molar-refractivity contribution in [2.24, 2.45) is 0 Å². The zero-order valence-electron chi connectivity index (χ0n) is 9.31. The first-order chi connectivity index (χ1) is 8.33. The molecule has 0 fully saturated rings. The third kappa shape index (κ3) is 2.18. The van der Waals surface area contributed by atoms with E-state index in [9.17, 15) is 0 Å². The lowest BCUT2D eigenvalue weighted by atomic mass is 10.1. The Kier molecular flexibility index (Phi) is 2.81. The van der Waals surface area contributed by atoms with Gasteiger partial charge >= 0.3 is 0 Å². The molecule has 0 bridgehead atoms. The molecule has 2 heteroatoms. The Hall–Kier alpha value is -1.41. The average Bonchev–Trinajstić information content (AvgIpc) is 2.39. The Morgan fingerprint density at radius 2 is 1.94 bits per heavy atom. The van der Waals surface area contributed by atoms with Crippen molar-refractivity contribution in [2.45, 2.75) is 11.2 Å². The van der Waals surface area contributed by atoms with Crippen LogP contribution in [0.5, 0.6) is 0 Å². The summed E-state index contributed by atoms with van der Waals surface area (Å²) in [5.74, 6) is 0. The van der Waals surface area contributed by atoms with Crippen LogP contribution in [0.4, 0.5) is 0 Å². The number of rotatable bonds is 1. The summed E-state index contributed by atoms with van der Waals surface area (Å²) in [6.45, 7) is 0. The number of aromatic nitrogens is 1. The molecule has 0 spiro atoms. The normalized spacial score (nSPS) is 17.8. The number of hydrogen-bond donors (Lipinski definition) is 0. The van der Waals surface area contributed by atoms with Crippen LogP contribution in [0.2, 0.25) is 0 Å². The predicted molar refractivity (Wildman–Crippen MR) is 75.2 cm³/mol. The van der Waals surface area contributed by atoms with E-state index in [1.54, 1.807) is 0 Å². The zero-order valence-corrected chi connectivity index (χ0v) is 10.9. The van der Waals surface area contributed by atoms with Crippen LogP contribution in [-0.4, -0.2) is 9.81 Å². The Balaban J connectivity index is 2.15. The molecule has 1 aliphatic carbocycles. The summed E-state index contributed by atoms with van der Waals surface area (Å²) in [6.07, 6.45) is 7.49. The van der Waals surface area contributed by atoms with Gasteiger partial charge in [0, 0.05) is 16.6 Å². The van der Waals surface area contributed by atoms with Gasteiger partial charge in [-0.05, 0) is 22.9 Å². The highest BCUT2D eigenvalue weighted by molar-refractivity contribution is 9.09. The van der Waals surface area contributed by atoms with Crippen molar-refractivity contribution >= 4 is 28.1 Å². The maximum atomic E-state index is 4.52. The second-order valence-corrected chi connectivity index (χ2v) is 5.36. The van der Waals surface area contributed by atoms with Gasteiger partial charge in [-0.15, -0.1) is 0 Å². The first-order valence-corrected chi connectivity index (χ1v) is 6.62. The standard InChI is InChI=1S/C15H12BrN/c16-14-7-6-12-9-15(17-10-13(12)8-14)11-4-2-1-3-5-11/h1-6,8-10,14H,7H2. The van der Waals surface area contributed by atoms with E-state index in [4.69, 9.17) is 0 Å². The molecule has 0 aliphatic heterocycles. The van der Waals surface area contributed by atoms with Gasteiger partial charge in [0.15, 0.2) is 0 Å². The van der Waals surface area contributed by atoms with Gasteiger partial charge in [-0.3, -0.25) is 4.98 Å². The predicted octanol–water partition coefficient (Wildman–Crippen LogP) is 2.48. The maximum absolute atomic E-state index is 4.52. The summed E-state index contributed by atoms with van der Waals surface area (Å²) in [4.78, 5) is 4.97. The third-order valence-corrected chi connectivity index (χ3v) is 3.60. The molecule has 84 valence electrons. The van der Waals surface area contributed by atoms with Crippen molar-refractivity contribution in [1.29, 1.82) is 0 Å². The fourth-order valence-corrected chi connectivity index (χ4v) is 2.54. The van der Waals surface area contributed by atoms with Crippen LogP contribution in [0.3, 0.4) is 0 Å². The molecule has 1 atom stereocenters. The van der Waals surface area contributed by atoms with Crippen LogP contribution >= 0.6 is 15.9 Å². The van der Waals surface area contributed by atoms with Gasteiger partial charge < -0.3 is 0 Å². The molecule has 17 heavy (non-hydrogen) atoms. The molecule has 1 unspecified atom stereocenters. The lowest BCUT2D eigenvalue weighted by Gasteiger charge is -2.07. The molecular formula is C15H12BrN. The number of nitrogens with zero attached hydrogens (tertiary/aromatic N) is 1. The van der Waals surface area contributed by atoms with Gasteiger partial charge in [0.1, 0.15) is 0 Å². The Morgan fingerprint density at radius 1 is 1.12 bits per heavy atom. The van der Waals surface area contributed by atoms with Gasteiger partial charge in [-0.1, -0.05) is 58.4 Å². The van der Waals surface area contributed by atoms with E-state index in [0.717, 1.165) is 12.1 Å². The fraction of sp³-hybridized carbons (Fsp3) is 0.133. The fourth-order valence-electron chi connectivity index (χ4n) is 2.07. The number of halogens is 1. The molecule has 1 nitrogen and oxygen atoms in total. The lowest BCUT2D eigenvalue weighted by Crippen LogP contribution is -2.29. The first kappa shape index (κ1) is 10.7. The highest BCUT2D eigenvalue weighted by Crippen LogP contribution is 2.14. The summed E-state index contributed by atoms with van der Waals surface area (Å²) < 4.78 is 0. The van der Waals surface area contributed by atoms with E-state index >= 15 is 0 Å². The zero-order chi connectivity index (χ0) is 11.7. The number of fused-ring (bicyclic) bond motifs is 1. The number of alkyl halides is 1. The van der Waals surface area contributed by atoms with Crippen molar-refractivity contribution in [2.75, 3.05) is 0 Å². The first-order valence-electron chi connectivity index (χ1n) is 5.70. The van der Waals surface area contributed by atoms with Gasteiger partial charge in [-0.2, -0.15) is 0 Å². The Morgan fingerprint density at radius 3 is 2.76 bits per heavy atom. The van der Waals surface area contributed by atoms with Crippen LogP contribution in [-0.2, 0) is 0 Å². The molecule has 1 aromatic heterocycles. The molecule has 0 N–H and O–H groups in total. The highest BCUT2D eigenvalue weighted by Gasteiger charge is 2.04. The van der Waals surface area contributed by atoms with Crippen molar-refractivity contribution in [1.82, 2.24) is 4.98 Å². The van der Waals surface area contributed by atoms with E-state index in [2.05, 4.69) is 51.3 Å². The molecule has 3 rings (SSSR count). The van der Waals surface area contributed by atoms with Crippen molar-refractivity contribution in [3.8, 4) is 11.3 Å². The van der Waals surface area contributed by atoms with Gasteiger partial charge in [-0.25, -0.2) is 0 Å².